The van der Waals surface area contributed by atoms with Gasteiger partial charge in [-0.1, -0.05) is 24.3 Å². The van der Waals surface area contributed by atoms with E-state index in [1.807, 2.05) is 36.4 Å². The Morgan fingerprint density at radius 2 is 1.94 bits per heavy atom. The molecule has 3 heterocycles. The summed E-state index contributed by atoms with van der Waals surface area (Å²) < 4.78 is 16.4. The third-order valence-electron chi connectivity index (χ3n) is 6.29. The van der Waals surface area contributed by atoms with Crippen LogP contribution in [0.4, 0.5) is 0 Å². The number of para-hydroxylation sites is 1. The number of hydrogen-bond donors (Lipinski definition) is 1. The minimum atomic E-state index is -0.425. The van der Waals surface area contributed by atoms with Gasteiger partial charge in [-0.25, -0.2) is 0 Å². The zero-order chi connectivity index (χ0) is 23.5. The summed E-state index contributed by atoms with van der Waals surface area (Å²) in [4.78, 5) is 32.5. The molecule has 2 atom stereocenters. The molecule has 174 valence electrons. The lowest BCUT2D eigenvalue weighted by atomic mass is 9.87. The number of carbonyl (C=O) groups excluding carboxylic acids is 2. The Bertz CT molecular complexity index is 1200. The van der Waals surface area contributed by atoms with Crippen molar-refractivity contribution in [1.29, 1.82) is 0 Å². The molecule has 0 aliphatic carbocycles. The Balaban J connectivity index is 1.39. The minimum absolute atomic E-state index is 0.110. The number of nitrogens with one attached hydrogen (secondary N) is 1. The maximum absolute atomic E-state index is 13.4. The Hall–Kier alpha value is -4.07. The van der Waals surface area contributed by atoms with Crippen molar-refractivity contribution in [2.45, 2.75) is 12.5 Å². The van der Waals surface area contributed by atoms with Gasteiger partial charge in [0.15, 0.2) is 11.5 Å². The van der Waals surface area contributed by atoms with Gasteiger partial charge >= 0.3 is 0 Å². The van der Waals surface area contributed by atoms with Crippen LogP contribution in [-0.2, 0) is 11.3 Å². The van der Waals surface area contributed by atoms with Gasteiger partial charge < -0.3 is 24.4 Å². The molecule has 0 spiro atoms. The Morgan fingerprint density at radius 1 is 1.09 bits per heavy atom. The zero-order valence-electron chi connectivity index (χ0n) is 18.8. The van der Waals surface area contributed by atoms with Crippen LogP contribution in [0, 0.1) is 5.92 Å². The molecule has 2 amide bonds. The molecule has 8 nitrogen and oxygen atoms in total. The fraction of sp³-hybridized carbons (Fsp3) is 0.269. The summed E-state index contributed by atoms with van der Waals surface area (Å²) in [6.07, 6.45) is 3.42. The molecule has 5 rings (SSSR count). The summed E-state index contributed by atoms with van der Waals surface area (Å²) in [6, 6.07) is 16.6. The zero-order valence-corrected chi connectivity index (χ0v) is 18.8. The van der Waals surface area contributed by atoms with Crippen molar-refractivity contribution in [2.75, 3.05) is 27.0 Å². The SMILES string of the molecule is COc1ccccc1C1CN(C(=O)c2ccc3c(c2)OCO3)CC1C(=O)NCc1cccnc1. The molecule has 1 N–H and O–H groups in total. The molecular formula is C26H25N3O5. The van der Waals surface area contributed by atoms with E-state index in [0.29, 0.717) is 42.4 Å². The van der Waals surface area contributed by atoms with Crippen molar-refractivity contribution in [2.24, 2.45) is 5.92 Å². The number of likely N-dealkylation sites (tertiary alicyclic amines) is 1. The van der Waals surface area contributed by atoms with Gasteiger partial charge in [0.2, 0.25) is 12.7 Å². The van der Waals surface area contributed by atoms with Crippen LogP contribution in [0.1, 0.15) is 27.4 Å². The standard InChI is InChI=1S/C26H25N3O5/c1-32-22-7-3-2-6-19(22)20-14-29(26(31)18-8-9-23-24(11-18)34-16-33-23)15-21(20)25(30)28-13-17-5-4-10-27-12-17/h2-12,20-21H,13-16H2,1H3,(H,28,30). The highest BCUT2D eigenvalue weighted by Gasteiger charge is 2.41. The lowest BCUT2D eigenvalue weighted by Gasteiger charge is -2.20. The molecule has 2 aromatic carbocycles. The normalized spacial score (nSPS) is 18.6. The van der Waals surface area contributed by atoms with Crippen LogP contribution in [0.15, 0.2) is 67.0 Å². The third-order valence-corrected chi connectivity index (χ3v) is 6.29. The number of pyridine rings is 1. The second kappa shape index (κ2) is 9.43. The fourth-order valence-electron chi connectivity index (χ4n) is 4.56. The van der Waals surface area contributed by atoms with Gasteiger partial charge in [-0.2, -0.15) is 0 Å². The number of ether oxygens (including phenoxy) is 3. The molecule has 2 unspecified atom stereocenters. The van der Waals surface area contributed by atoms with E-state index < -0.39 is 5.92 Å². The van der Waals surface area contributed by atoms with Crippen LogP contribution in [-0.4, -0.2) is 48.7 Å². The number of rotatable bonds is 6. The highest BCUT2D eigenvalue weighted by Crippen LogP contribution is 2.39. The predicted molar refractivity (Wildman–Crippen MR) is 124 cm³/mol. The molecule has 2 aliphatic heterocycles. The summed E-state index contributed by atoms with van der Waals surface area (Å²) in [5.41, 5.74) is 2.32. The number of aromatic nitrogens is 1. The molecule has 34 heavy (non-hydrogen) atoms. The molecule has 8 heteroatoms. The first-order valence-electron chi connectivity index (χ1n) is 11.1. The molecule has 1 fully saturated rings. The predicted octanol–water partition coefficient (Wildman–Crippen LogP) is 2.99. The Kier molecular flexibility index (Phi) is 6.03. The molecule has 0 bridgehead atoms. The molecule has 3 aromatic rings. The van der Waals surface area contributed by atoms with Crippen molar-refractivity contribution >= 4 is 11.8 Å². The van der Waals surface area contributed by atoms with Gasteiger partial charge in [-0.05, 0) is 41.5 Å². The van der Waals surface area contributed by atoms with E-state index >= 15 is 0 Å². The first kappa shape index (κ1) is 21.8. The largest absolute Gasteiger partial charge is 0.496 e. The monoisotopic (exact) mass is 459 g/mol. The molecule has 1 saturated heterocycles. The van der Waals surface area contributed by atoms with Crippen LogP contribution in [0.25, 0.3) is 0 Å². The van der Waals surface area contributed by atoms with E-state index in [1.54, 1.807) is 42.6 Å². The molecular weight excluding hydrogens is 434 g/mol. The number of methoxy groups -OCH3 is 1. The maximum Gasteiger partial charge on any atom is 0.254 e. The van der Waals surface area contributed by atoms with Crippen LogP contribution < -0.4 is 19.5 Å². The summed E-state index contributed by atoms with van der Waals surface area (Å²) in [5, 5.41) is 3.02. The third kappa shape index (κ3) is 4.26. The fourth-order valence-corrected chi connectivity index (χ4v) is 4.56. The topological polar surface area (TPSA) is 90.0 Å². The second-order valence-corrected chi connectivity index (χ2v) is 8.31. The highest BCUT2D eigenvalue weighted by atomic mass is 16.7. The number of carbonyl (C=O) groups is 2. The Morgan fingerprint density at radius 3 is 2.76 bits per heavy atom. The first-order valence-corrected chi connectivity index (χ1v) is 11.1. The van der Waals surface area contributed by atoms with Crippen molar-refractivity contribution < 1.29 is 23.8 Å². The highest BCUT2D eigenvalue weighted by molar-refractivity contribution is 5.96. The number of hydrogen-bond acceptors (Lipinski definition) is 6. The summed E-state index contributed by atoms with van der Waals surface area (Å²) in [7, 11) is 1.61. The van der Waals surface area contributed by atoms with Gasteiger partial charge in [0, 0.05) is 43.5 Å². The van der Waals surface area contributed by atoms with Crippen LogP contribution in [0.2, 0.25) is 0 Å². The van der Waals surface area contributed by atoms with E-state index in [2.05, 4.69) is 10.3 Å². The number of amides is 2. The van der Waals surface area contributed by atoms with Gasteiger partial charge in [0.05, 0.1) is 13.0 Å². The quantitative estimate of drug-likeness (QED) is 0.610. The second-order valence-electron chi connectivity index (χ2n) is 8.31. The maximum atomic E-state index is 13.4. The van der Waals surface area contributed by atoms with E-state index in [0.717, 1.165) is 11.1 Å². The Labute approximate surface area is 197 Å². The number of nitrogens with zero attached hydrogens (tertiary/aromatic N) is 2. The molecule has 2 aliphatic rings. The van der Waals surface area contributed by atoms with Gasteiger partial charge in [-0.15, -0.1) is 0 Å². The van der Waals surface area contributed by atoms with Crippen LogP contribution in [0.5, 0.6) is 17.2 Å². The summed E-state index contributed by atoms with van der Waals surface area (Å²) >= 11 is 0. The van der Waals surface area contributed by atoms with Crippen molar-refractivity contribution in [1.82, 2.24) is 15.2 Å². The van der Waals surface area contributed by atoms with E-state index in [-0.39, 0.29) is 24.5 Å². The van der Waals surface area contributed by atoms with Crippen LogP contribution >= 0.6 is 0 Å². The van der Waals surface area contributed by atoms with Crippen molar-refractivity contribution in [3.8, 4) is 17.2 Å². The lowest BCUT2D eigenvalue weighted by molar-refractivity contribution is -0.125. The van der Waals surface area contributed by atoms with E-state index in [1.165, 1.54) is 0 Å². The summed E-state index contributed by atoms with van der Waals surface area (Å²) in [5.74, 6) is 0.986. The van der Waals surface area contributed by atoms with Crippen molar-refractivity contribution in [3.05, 3.63) is 83.7 Å². The van der Waals surface area contributed by atoms with Crippen LogP contribution in [0.3, 0.4) is 0 Å². The van der Waals surface area contributed by atoms with Gasteiger partial charge in [-0.3, -0.25) is 14.6 Å². The minimum Gasteiger partial charge on any atom is -0.496 e. The summed E-state index contributed by atoms with van der Waals surface area (Å²) in [6.45, 7) is 1.22. The lowest BCUT2D eigenvalue weighted by Crippen LogP contribution is -2.35. The molecule has 1 aromatic heterocycles. The smallest absolute Gasteiger partial charge is 0.254 e. The first-order chi connectivity index (χ1) is 16.6. The average Bonchev–Trinajstić information content (AvgIpc) is 3.54. The van der Waals surface area contributed by atoms with Crippen molar-refractivity contribution in [3.63, 3.8) is 0 Å². The van der Waals surface area contributed by atoms with Gasteiger partial charge in [0.25, 0.3) is 5.91 Å². The van der Waals surface area contributed by atoms with E-state index in [9.17, 15) is 9.59 Å². The number of benzene rings is 2. The van der Waals surface area contributed by atoms with E-state index in [4.69, 9.17) is 14.2 Å². The molecule has 0 saturated carbocycles. The van der Waals surface area contributed by atoms with Gasteiger partial charge in [0.1, 0.15) is 5.75 Å². The molecule has 0 radical (unpaired) electrons. The number of fused-ring (bicyclic) bond motifs is 1. The average molecular weight is 460 g/mol.